The third-order valence-corrected chi connectivity index (χ3v) is 3.34. The van der Waals surface area contributed by atoms with Gasteiger partial charge in [0.1, 0.15) is 6.04 Å². The van der Waals surface area contributed by atoms with E-state index in [9.17, 15) is 9.59 Å². The van der Waals surface area contributed by atoms with Gasteiger partial charge >= 0.3 is 5.97 Å². The number of aryl methyl sites for hydroxylation is 1. The maximum atomic E-state index is 12.1. The van der Waals surface area contributed by atoms with Crippen LogP contribution in [-0.4, -0.2) is 32.8 Å². The first-order chi connectivity index (χ1) is 10.4. The summed E-state index contributed by atoms with van der Waals surface area (Å²) in [5.41, 5.74) is 2.16. The number of carbonyl (C=O) groups excluding carboxylic acids is 1. The number of carbonyl (C=O) groups is 2. The number of hydrogen-bond acceptors (Lipinski definition) is 3. The topological polar surface area (TPSA) is 84.2 Å². The molecule has 1 atom stereocenters. The Morgan fingerprint density at radius 1 is 1.18 bits per heavy atom. The monoisotopic (exact) mass is 301 g/mol. The highest BCUT2D eigenvalue weighted by molar-refractivity contribution is 5.96. The molecule has 0 aliphatic heterocycles. The standard InChI is InChI=1S/C16H19N3O3/c1-10(2)14(16(21)22)17-15(20)12-4-6-13(7-5-12)19-9-8-11(3)18-19/h4-10,14H,1-3H3,(H,17,20)(H,21,22)/t14-/m0/s1. The molecule has 1 aromatic heterocycles. The van der Waals surface area contributed by atoms with Gasteiger partial charge in [-0.3, -0.25) is 4.79 Å². The molecule has 2 N–H and O–H groups in total. The van der Waals surface area contributed by atoms with Crippen LogP contribution in [0.1, 0.15) is 29.9 Å². The van der Waals surface area contributed by atoms with Crippen molar-refractivity contribution in [3.8, 4) is 5.69 Å². The lowest BCUT2D eigenvalue weighted by Crippen LogP contribution is -2.44. The fourth-order valence-corrected chi connectivity index (χ4v) is 2.06. The van der Waals surface area contributed by atoms with Crippen molar-refractivity contribution >= 4 is 11.9 Å². The van der Waals surface area contributed by atoms with Crippen LogP contribution >= 0.6 is 0 Å². The van der Waals surface area contributed by atoms with Crippen molar-refractivity contribution in [3.05, 3.63) is 47.8 Å². The van der Waals surface area contributed by atoms with Crippen molar-refractivity contribution in [2.45, 2.75) is 26.8 Å². The number of benzene rings is 1. The maximum Gasteiger partial charge on any atom is 0.326 e. The van der Waals surface area contributed by atoms with Gasteiger partial charge in [0.25, 0.3) is 5.91 Å². The second kappa shape index (κ2) is 6.43. The summed E-state index contributed by atoms with van der Waals surface area (Å²) in [5, 5.41) is 15.9. The van der Waals surface area contributed by atoms with E-state index in [0.29, 0.717) is 5.56 Å². The lowest BCUT2D eigenvalue weighted by Gasteiger charge is -2.17. The summed E-state index contributed by atoms with van der Waals surface area (Å²) in [6, 6.07) is 7.84. The lowest BCUT2D eigenvalue weighted by molar-refractivity contribution is -0.140. The van der Waals surface area contributed by atoms with E-state index in [1.54, 1.807) is 42.8 Å². The first kappa shape index (κ1) is 15.8. The van der Waals surface area contributed by atoms with Crippen LogP contribution in [0.4, 0.5) is 0 Å². The maximum absolute atomic E-state index is 12.1. The van der Waals surface area contributed by atoms with E-state index in [4.69, 9.17) is 5.11 Å². The normalized spacial score (nSPS) is 12.2. The predicted octanol–water partition coefficient (Wildman–Crippen LogP) is 2.02. The van der Waals surface area contributed by atoms with Crippen LogP contribution in [0.25, 0.3) is 5.69 Å². The largest absolute Gasteiger partial charge is 0.480 e. The van der Waals surface area contributed by atoms with Crippen LogP contribution in [0.15, 0.2) is 36.5 Å². The van der Waals surface area contributed by atoms with Crippen molar-refractivity contribution in [1.82, 2.24) is 15.1 Å². The first-order valence-corrected chi connectivity index (χ1v) is 7.05. The molecule has 0 unspecified atom stereocenters. The van der Waals surface area contributed by atoms with E-state index in [0.717, 1.165) is 11.4 Å². The van der Waals surface area contributed by atoms with Crippen LogP contribution in [0, 0.1) is 12.8 Å². The molecule has 6 nitrogen and oxygen atoms in total. The summed E-state index contributed by atoms with van der Waals surface area (Å²) in [5.74, 6) is -1.62. The van der Waals surface area contributed by atoms with E-state index >= 15 is 0 Å². The highest BCUT2D eigenvalue weighted by Crippen LogP contribution is 2.11. The van der Waals surface area contributed by atoms with Crippen molar-refractivity contribution in [2.75, 3.05) is 0 Å². The van der Waals surface area contributed by atoms with E-state index in [2.05, 4.69) is 10.4 Å². The molecule has 0 saturated heterocycles. The van der Waals surface area contributed by atoms with Gasteiger partial charge in [0, 0.05) is 11.8 Å². The van der Waals surface area contributed by atoms with E-state index in [1.807, 2.05) is 19.2 Å². The van der Waals surface area contributed by atoms with Gasteiger partial charge in [0.15, 0.2) is 0 Å². The number of amides is 1. The Labute approximate surface area is 128 Å². The summed E-state index contributed by atoms with van der Waals surface area (Å²) < 4.78 is 1.71. The number of nitrogens with one attached hydrogen (secondary N) is 1. The molecule has 0 fully saturated rings. The fraction of sp³-hybridized carbons (Fsp3) is 0.312. The molecule has 0 bridgehead atoms. The number of rotatable bonds is 5. The molecule has 2 rings (SSSR count). The Hall–Kier alpha value is -2.63. The predicted molar refractivity (Wildman–Crippen MR) is 82.0 cm³/mol. The molecule has 0 saturated carbocycles. The Kier molecular flexibility index (Phi) is 4.60. The summed E-state index contributed by atoms with van der Waals surface area (Å²) in [6.07, 6.45) is 1.84. The highest BCUT2D eigenvalue weighted by Gasteiger charge is 2.23. The Morgan fingerprint density at radius 3 is 2.27 bits per heavy atom. The molecule has 1 heterocycles. The van der Waals surface area contributed by atoms with Gasteiger partial charge in [0.05, 0.1) is 11.4 Å². The van der Waals surface area contributed by atoms with Crippen molar-refractivity contribution < 1.29 is 14.7 Å². The number of nitrogens with zero attached hydrogens (tertiary/aromatic N) is 2. The molecule has 0 aliphatic carbocycles. The molecule has 22 heavy (non-hydrogen) atoms. The number of aromatic nitrogens is 2. The van der Waals surface area contributed by atoms with Crippen LogP contribution < -0.4 is 5.32 Å². The van der Waals surface area contributed by atoms with Gasteiger partial charge in [-0.1, -0.05) is 13.8 Å². The second-order valence-corrected chi connectivity index (χ2v) is 5.48. The summed E-state index contributed by atoms with van der Waals surface area (Å²) in [7, 11) is 0. The molecule has 1 aromatic carbocycles. The van der Waals surface area contributed by atoms with Gasteiger partial charge in [-0.25, -0.2) is 9.48 Å². The molecule has 0 aliphatic rings. The Bertz CT molecular complexity index is 674. The molecule has 2 aromatic rings. The number of hydrogen-bond donors (Lipinski definition) is 2. The molecular weight excluding hydrogens is 282 g/mol. The van der Waals surface area contributed by atoms with Crippen LogP contribution in [-0.2, 0) is 4.79 Å². The minimum absolute atomic E-state index is 0.187. The molecular formula is C16H19N3O3. The van der Waals surface area contributed by atoms with Crippen molar-refractivity contribution in [3.63, 3.8) is 0 Å². The zero-order valence-corrected chi connectivity index (χ0v) is 12.8. The fourth-order valence-electron chi connectivity index (χ4n) is 2.06. The minimum atomic E-state index is -1.04. The number of carboxylic acid groups (broad SMARTS) is 1. The van der Waals surface area contributed by atoms with Gasteiger partial charge in [-0.05, 0) is 43.2 Å². The zero-order valence-electron chi connectivity index (χ0n) is 12.8. The first-order valence-electron chi connectivity index (χ1n) is 7.05. The van der Waals surface area contributed by atoms with E-state index in [1.165, 1.54) is 0 Å². The smallest absolute Gasteiger partial charge is 0.326 e. The highest BCUT2D eigenvalue weighted by atomic mass is 16.4. The summed E-state index contributed by atoms with van der Waals surface area (Å²) in [4.78, 5) is 23.2. The van der Waals surface area contributed by atoms with Crippen LogP contribution in [0.3, 0.4) is 0 Å². The number of aliphatic carboxylic acids is 1. The van der Waals surface area contributed by atoms with Crippen LogP contribution in [0.2, 0.25) is 0 Å². The lowest BCUT2D eigenvalue weighted by atomic mass is 10.0. The second-order valence-electron chi connectivity index (χ2n) is 5.48. The number of carboxylic acids is 1. The zero-order chi connectivity index (χ0) is 16.3. The van der Waals surface area contributed by atoms with Gasteiger partial charge in [-0.2, -0.15) is 5.10 Å². The Balaban J connectivity index is 2.13. The third-order valence-electron chi connectivity index (χ3n) is 3.34. The van der Waals surface area contributed by atoms with Crippen LogP contribution in [0.5, 0.6) is 0 Å². The van der Waals surface area contributed by atoms with Crippen molar-refractivity contribution in [2.24, 2.45) is 5.92 Å². The third kappa shape index (κ3) is 3.52. The summed E-state index contributed by atoms with van der Waals surface area (Å²) >= 11 is 0. The SMILES string of the molecule is Cc1ccn(-c2ccc(C(=O)N[C@H](C(=O)O)C(C)C)cc2)n1. The van der Waals surface area contributed by atoms with Gasteiger partial charge in [-0.15, -0.1) is 0 Å². The molecule has 0 radical (unpaired) electrons. The van der Waals surface area contributed by atoms with E-state index in [-0.39, 0.29) is 5.92 Å². The summed E-state index contributed by atoms with van der Waals surface area (Å²) in [6.45, 7) is 5.40. The van der Waals surface area contributed by atoms with Gasteiger partial charge < -0.3 is 10.4 Å². The van der Waals surface area contributed by atoms with Gasteiger partial charge in [0.2, 0.25) is 0 Å². The minimum Gasteiger partial charge on any atom is -0.480 e. The Morgan fingerprint density at radius 2 is 1.82 bits per heavy atom. The quantitative estimate of drug-likeness (QED) is 0.885. The van der Waals surface area contributed by atoms with Crippen molar-refractivity contribution in [1.29, 1.82) is 0 Å². The molecule has 6 heteroatoms. The molecule has 116 valence electrons. The average molecular weight is 301 g/mol. The average Bonchev–Trinajstić information content (AvgIpc) is 2.90. The molecule has 1 amide bonds. The van der Waals surface area contributed by atoms with E-state index < -0.39 is 17.9 Å². The molecule has 0 spiro atoms.